The Morgan fingerprint density at radius 1 is 1.33 bits per heavy atom. The van der Waals surface area contributed by atoms with Gasteiger partial charge >= 0.3 is 0 Å². The van der Waals surface area contributed by atoms with Crippen molar-refractivity contribution in [3.63, 3.8) is 0 Å². The lowest BCUT2D eigenvalue weighted by Crippen LogP contribution is -2.17. The number of carbonyl (C=O) groups is 1. The van der Waals surface area contributed by atoms with Crippen molar-refractivity contribution in [3.05, 3.63) is 28.7 Å². The molecule has 0 amide bonds. The maximum atomic E-state index is 12.5. The summed E-state index contributed by atoms with van der Waals surface area (Å²) in [7, 11) is 3.90. The number of allylic oxidation sites excluding steroid dienone is 1. The molecule has 0 saturated heterocycles. The van der Waals surface area contributed by atoms with Gasteiger partial charge in [-0.25, -0.2) is 0 Å². The Balaban J connectivity index is 2.48. The number of aromatic nitrogens is 2. The fraction of sp³-hybridized carbons (Fsp3) is 0.571. The lowest BCUT2D eigenvalue weighted by atomic mass is 9.90. The number of nitrogens with zero attached hydrogens (tertiary/aromatic N) is 3. The van der Waals surface area contributed by atoms with Crippen LogP contribution in [0.25, 0.3) is 0 Å². The summed E-state index contributed by atoms with van der Waals surface area (Å²) >= 11 is 0. The molecule has 0 aromatic carbocycles. The zero-order valence-electron chi connectivity index (χ0n) is 11.7. The third-order valence-electron chi connectivity index (χ3n) is 3.33. The summed E-state index contributed by atoms with van der Waals surface area (Å²) in [6.07, 6.45) is 4.47. The van der Waals surface area contributed by atoms with Gasteiger partial charge in [-0.2, -0.15) is 5.10 Å². The van der Waals surface area contributed by atoms with E-state index in [4.69, 9.17) is 0 Å². The monoisotopic (exact) mass is 247 g/mol. The summed E-state index contributed by atoms with van der Waals surface area (Å²) in [4.78, 5) is 14.5. The molecule has 1 aromatic rings. The molecule has 0 atom stereocenters. The van der Waals surface area contributed by atoms with E-state index in [1.54, 1.807) is 0 Å². The van der Waals surface area contributed by atoms with Gasteiger partial charge in [-0.1, -0.05) is 6.92 Å². The zero-order chi connectivity index (χ0) is 13.3. The van der Waals surface area contributed by atoms with E-state index in [-0.39, 0.29) is 5.78 Å². The highest BCUT2D eigenvalue weighted by atomic mass is 16.1. The molecule has 2 rings (SSSR count). The lowest BCUT2D eigenvalue weighted by molar-refractivity contribution is 0.102. The molecule has 4 nitrogen and oxygen atoms in total. The molecule has 0 saturated carbocycles. The van der Waals surface area contributed by atoms with Crippen molar-refractivity contribution in [1.82, 2.24) is 14.7 Å². The highest BCUT2D eigenvalue weighted by Crippen LogP contribution is 2.28. The molecule has 0 radical (unpaired) electrons. The second-order valence-electron chi connectivity index (χ2n) is 4.88. The maximum absolute atomic E-state index is 12.5. The number of hydrogen-bond acceptors (Lipinski definition) is 3. The van der Waals surface area contributed by atoms with Crippen LogP contribution >= 0.6 is 0 Å². The molecule has 1 aliphatic rings. The van der Waals surface area contributed by atoms with Crippen molar-refractivity contribution in [2.45, 2.75) is 39.7 Å². The van der Waals surface area contributed by atoms with Gasteiger partial charge in [0.1, 0.15) is 0 Å². The van der Waals surface area contributed by atoms with E-state index in [0.29, 0.717) is 0 Å². The molecule has 18 heavy (non-hydrogen) atoms. The normalized spacial score (nSPS) is 17.1. The molecule has 0 bridgehead atoms. The van der Waals surface area contributed by atoms with Gasteiger partial charge in [0.25, 0.3) is 0 Å². The molecule has 1 aliphatic carbocycles. The molecule has 1 heterocycles. The van der Waals surface area contributed by atoms with Gasteiger partial charge in [0, 0.05) is 38.1 Å². The van der Waals surface area contributed by atoms with Gasteiger partial charge in [-0.3, -0.25) is 9.48 Å². The minimum Gasteiger partial charge on any atom is -0.383 e. The van der Waals surface area contributed by atoms with E-state index < -0.39 is 0 Å². The van der Waals surface area contributed by atoms with Crippen molar-refractivity contribution >= 4 is 5.78 Å². The van der Waals surface area contributed by atoms with E-state index in [2.05, 4.69) is 18.9 Å². The molecule has 0 aliphatic heterocycles. The maximum Gasteiger partial charge on any atom is 0.194 e. The van der Waals surface area contributed by atoms with E-state index in [0.717, 1.165) is 48.3 Å². The minimum atomic E-state index is 0.168. The summed E-state index contributed by atoms with van der Waals surface area (Å²) in [5, 5.41) is 4.56. The Morgan fingerprint density at radius 3 is 2.61 bits per heavy atom. The first-order valence-electron chi connectivity index (χ1n) is 6.58. The standard InChI is InChI=1S/C14H21N3O/c1-5-12-13-11(15-17(12)6-2)8-7-10(14(13)18)9-16(3)4/h9H,5-8H2,1-4H3. The smallest absolute Gasteiger partial charge is 0.194 e. The SMILES string of the molecule is CCc1c2c(nn1CC)CCC(=CN(C)C)C2=O. The number of fused-ring (bicyclic) bond motifs is 1. The second-order valence-corrected chi connectivity index (χ2v) is 4.88. The minimum absolute atomic E-state index is 0.168. The summed E-state index contributed by atoms with van der Waals surface area (Å²) in [5.74, 6) is 0.168. The van der Waals surface area contributed by atoms with Crippen molar-refractivity contribution in [2.75, 3.05) is 14.1 Å². The number of Topliss-reactive ketones (excluding diaryl/α,β-unsaturated/α-hetero) is 1. The van der Waals surface area contributed by atoms with E-state index >= 15 is 0 Å². The van der Waals surface area contributed by atoms with Crippen LogP contribution in [-0.4, -0.2) is 34.6 Å². The molecule has 98 valence electrons. The van der Waals surface area contributed by atoms with Crippen LogP contribution < -0.4 is 0 Å². The van der Waals surface area contributed by atoms with E-state index in [9.17, 15) is 4.79 Å². The lowest BCUT2D eigenvalue weighted by Gasteiger charge is -2.16. The van der Waals surface area contributed by atoms with Gasteiger partial charge < -0.3 is 4.90 Å². The van der Waals surface area contributed by atoms with Crippen LogP contribution in [0, 0.1) is 0 Å². The Hall–Kier alpha value is -1.58. The van der Waals surface area contributed by atoms with Crippen molar-refractivity contribution in [1.29, 1.82) is 0 Å². The van der Waals surface area contributed by atoms with Crippen LogP contribution in [0.5, 0.6) is 0 Å². The Morgan fingerprint density at radius 2 is 2.06 bits per heavy atom. The predicted molar refractivity (Wildman–Crippen MR) is 71.7 cm³/mol. The van der Waals surface area contributed by atoms with Crippen LogP contribution in [0.1, 0.15) is 42.0 Å². The molecular weight excluding hydrogens is 226 g/mol. The van der Waals surface area contributed by atoms with Crippen molar-refractivity contribution in [3.8, 4) is 0 Å². The van der Waals surface area contributed by atoms with E-state index in [1.807, 2.05) is 29.9 Å². The third-order valence-corrected chi connectivity index (χ3v) is 3.33. The van der Waals surface area contributed by atoms with E-state index in [1.165, 1.54) is 0 Å². The molecule has 0 unspecified atom stereocenters. The first kappa shape index (κ1) is 12.9. The summed E-state index contributed by atoms with van der Waals surface area (Å²) < 4.78 is 1.97. The quantitative estimate of drug-likeness (QED) is 0.767. The molecule has 0 fully saturated rings. The average Bonchev–Trinajstić information content (AvgIpc) is 2.70. The van der Waals surface area contributed by atoms with Gasteiger partial charge in [0.2, 0.25) is 0 Å². The number of aryl methyl sites for hydroxylation is 2. The Kier molecular flexibility index (Phi) is 3.55. The molecular formula is C14H21N3O. The topological polar surface area (TPSA) is 38.1 Å². The van der Waals surface area contributed by atoms with Crippen LogP contribution in [0.4, 0.5) is 0 Å². The highest BCUT2D eigenvalue weighted by Gasteiger charge is 2.28. The van der Waals surface area contributed by atoms with Gasteiger partial charge in [0.05, 0.1) is 11.3 Å². The summed E-state index contributed by atoms with van der Waals surface area (Å²) in [6.45, 7) is 4.98. The number of carbonyl (C=O) groups excluding carboxylic acids is 1. The predicted octanol–water partition coefficient (Wildman–Crippen LogP) is 2.04. The van der Waals surface area contributed by atoms with Crippen LogP contribution in [-0.2, 0) is 19.4 Å². The first-order valence-corrected chi connectivity index (χ1v) is 6.58. The van der Waals surface area contributed by atoms with Crippen LogP contribution in [0.3, 0.4) is 0 Å². The first-order chi connectivity index (χ1) is 8.58. The fourth-order valence-electron chi connectivity index (χ4n) is 2.57. The molecule has 1 aromatic heterocycles. The van der Waals surface area contributed by atoms with Crippen LogP contribution in [0.15, 0.2) is 11.8 Å². The molecule has 0 spiro atoms. The van der Waals surface area contributed by atoms with Gasteiger partial charge in [-0.05, 0) is 26.2 Å². The summed E-state index contributed by atoms with van der Waals surface area (Å²) in [5.41, 5.74) is 3.83. The third kappa shape index (κ3) is 2.07. The van der Waals surface area contributed by atoms with Crippen LogP contribution in [0.2, 0.25) is 0 Å². The molecule has 4 heteroatoms. The molecule has 0 N–H and O–H groups in total. The number of rotatable bonds is 3. The largest absolute Gasteiger partial charge is 0.383 e. The zero-order valence-corrected chi connectivity index (χ0v) is 11.7. The fourth-order valence-corrected chi connectivity index (χ4v) is 2.57. The highest BCUT2D eigenvalue weighted by molar-refractivity contribution is 6.11. The van der Waals surface area contributed by atoms with Gasteiger partial charge in [-0.15, -0.1) is 0 Å². The van der Waals surface area contributed by atoms with Gasteiger partial charge in [0.15, 0.2) is 5.78 Å². The van der Waals surface area contributed by atoms with Crippen molar-refractivity contribution < 1.29 is 4.79 Å². The Labute approximate surface area is 108 Å². The second kappa shape index (κ2) is 4.96. The summed E-state index contributed by atoms with van der Waals surface area (Å²) in [6, 6.07) is 0. The number of hydrogen-bond donors (Lipinski definition) is 0. The Bertz CT molecular complexity index is 497. The number of ketones is 1. The van der Waals surface area contributed by atoms with Crippen molar-refractivity contribution in [2.24, 2.45) is 0 Å². The average molecular weight is 247 g/mol.